The molecule has 2 rings (SSSR count). The van der Waals surface area contributed by atoms with Crippen LogP contribution in [0.1, 0.15) is 44.9 Å². The Morgan fingerprint density at radius 1 is 1.08 bits per heavy atom. The van der Waals surface area contributed by atoms with E-state index in [0.29, 0.717) is 18.8 Å². The van der Waals surface area contributed by atoms with Crippen LogP contribution in [0.5, 0.6) is 0 Å². The number of alkyl halides is 2. The van der Waals surface area contributed by atoms with E-state index in [0.717, 1.165) is 19.3 Å². The number of halogens is 2. The van der Waals surface area contributed by atoms with Gasteiger partial charge in [-0.15, -0.1) is 0 Å². The van der Waals surface area contributed by atoms with Crippen LogP contribution in [0.2, 0.25) is 0 Å². The van der Waals surface area contributed by atoms with E-state index in [2.05, 4.69) is 0 Å². The Morgan fingerprint density at radius 3 is 2.08 bits per heavy atom. The van der Waals surface area contributed by atoms with Crippen LogP contribution in [0, 0.1) is 5.92 Å². The molecule has 0 aromatic rings. The van der Waals surface area contributed by atoms with Crippen molar-refractivity contribution in [3.05, 3.63) is 0 Å². The predicted octanol–water partition coefficient (Wildman–Crippen LogP) is 2.69. The molecule has 0 radical (unpaired) electrons. The molecule has 0 aliphatic heterocycles. The minimum Gasteiger partial charge on any atom is -0.325 e. The molecule has 0 amide bonds. The van der Waals surface area contributed by atoms with Crippen molar-refractivity contribution in [2.45, 2.75) is 56.4 Å². The maximum absolute atomic E-state index is 12.8. The van der Waals surface area contributed by atoms with E-state index in [1.54, 1.807) is 0 Å². The average Bonchev–Trinajstić information content (AvgIpc) is 2.74. The van der Waals surface area contributed by atoms with Crippen molar-refractivity contribution < 1.29 is 8.78 Å². The Hall–Kier alpha value is -0.180. The highest BCUT2D eigenvalue weighted by Gasteiger charge is 2.43. The average molecular weight is 189 g/mol. The van der Waals surface area contributed by atoms with E-state index in [-0.39, 0.29) is 18.4 Å². The van der Waals surface area contributed by atoms with E-state index in [1.165, 1.54) is 0 Å². The molecule has 0 bridgehead atoms. The summed E-state index contributed by atoms with van der Waals surface area (Å²) in [5, 5.41) is 0. The van der Waals surface area contributed by atoms with Gasteiger partial charge in [0.05, 0.1) is 0 Å². The topological polar surface area (TPSA) is 26.0 Å². The standard InChI is InChI=1S/C10H17F2N/c11-10(12)3-1-8(2-4-10)7-9(13)5-6-9/h8H,1-7,13H2. The fourth-order valence-corrected chi connectivity index (χ4v) is 2.24. The lowest BCUT2D eigenvalue weighted by Gasteiger charge is -2.29. The molecule has 0 aromatic heterocycles. The highest BCUT2D eigenvalue weighted by atomic mass is 19.3. The van der Waals surface area contributed by atoms with Crippen LogP contribution < -0.4 is 5.73 Å². The van der Waals surface area contributed by atoms with E-state index in [4.69, 9.17) is 5.73 Å². The molecule has 0 heterocycles. The molecule has 0 aromatic carbocycles. The minimum absolute atomic E-state index is 0.0390. The second kappa shape index (κ2) is 2.91. The highest BCUT2D eigenvalue weighted by molar-refractivity contribution is 5.00. The first kappa shape index (κ1) is 9.38. The summed E-state index contributed by atoms with van der Waals surface area (Å²) in [4.78, 5) is 0. The monoisotopic (exact) mass is 189 g/mol. The smallest absolute Gasteiger partial charge is 0.248 e. The molecular weight excluding hydrogens is 172 g/mol. The zero-order chi connectivity index (χ0) is 9.53. The van der Waals surface area contributed by atoms with Crippen molar-refractivity contribution >= 4 is 0 Å². The molecule has 2 fully saturated rings. The molecule has 2 saturated carbocycles. The van der Waals surface area contributed by atoms with Crippen molar-refractivity contribution in [2.75, 3.05) is 0 Å². The van der Waals surface area contributed by atoms with Gasteiger partial charge in [0.15, 0.2) is 0 Å². The Kier molecular flexibility index (Phi) is 2.10. The van der Waals surface area contributed by atoms with Crippen molar-refractivity contribution in [2.24, 2.45) is 11.7 Å². The molecule has 0 spiro atoms. The zero-order valence-corrected chi connectivity index (χ0v) is 7.86. The predicted molar refractivity (Wildman–Crippen MR) is 47.7 cm³/mol. The third-order valence-corrected chi connectivity index (χ3v) is 3.42. The maximum atomic E-state index is 12.8. The van der Waals surface area contributed by atoms with Crippen molar-refractivity contribution in [1.29, 1.82) is 0 Å². The minimum atomic E-state index is -2.39. The molecule has 3 heteroatoms. The molecule has 0 atom stereocenters. The van der Waals surface area contributed by atoms with Gasteiger partial charge >= 0.3 is 0 Å². The number of hydrogen-bond acceptors (Lipinski definition) is 1. The van der Waals surface area contributed by atoms with Crippen molar-refractivity contribution in [3.63, 3.8) is 0 Å². The third kappa shape index (κ3) is 2.39. The Morgan fingerprint density at radius 2 is 1.62 bits per heavy atom. The number of nitrogens with two attached hydrogens (primary N) is 1. The summed E-state index contributed by atoms with van der Waals surface area (Å²) >= 11 is 0. The molecule has 2 aliphatic rings. The summed E-state index contributed by atoms with van der Waals surface area (Å²) < 4.78 is 25.6. The van der Waals surface area contributed by atoms with Gasteiger partial charge in [0.25, 0.3) is 0 Å². The normalized spacial score (nSPS) is 31.6. The maximum Gasteiger partial charge on any atom is 0.248 e. The van der Waals surface area contributed by atoms with Gasteiger partial charge in [-0.2, -0.15) is 0 Å². The number of hydrogen-bond donors (Lipinski definition) is 1. The van der Waals surface area contributed by atoms with E-state index < -0.39 is 5.92 Å². The Bertz CT molecular complexity index is 189. The van der Waals surface area contributed by atoms with Gasteiger partial charge in [-0.05, 0) is 38.0 Å². The van der Waals surface area contributed by atoms with Gasteiger partial charge in [-0.3, -0.25) is 0 Å². The molecule has 1 nitrogen and oxygen atoms in total. The SMILES string of the molecule is NC1(CC2CCC(F)(F)CC2)CC1. The van der Waals surface area contributed by atoms with Gasteiger partial charge in [0.2, 0.25) is 5.92 Å². The largest absolute Gasteiger partial charge is 0.325 e. The second-order valence-corrected chi connectivity index (χ2v) is 4.87. The van der Waals surface area contributed by atoms with Gasteiger partial charge in [0, 0.05) is 18.4 Å². The molecule has 2 N–H and O–H groups in total. The highest BCUT2D eigenvalue weighted by Crippen LogP contribution is 2.44. The van der Waals surface area contributed by atoms with Crippen molar-refractivity contribution in [3.8, 4) is 0 Å². The fourth-order valence-electron chi connectivity index (χ4n) is 2.24. The molecule has 0 unspecified atom stereocenters. The van der Waals surface area contributed by atoms with Crippen molar-refractivity contribution in [1.82, 2.24) is 0 Å². The molecule has 76 valence electrons. The van der Waals surface area contributed by atoms with Gasteiger partial charge in [-0.25, -0.2) is 8.78 Å². The first-order valence-electron chi connectivity index (χ1n) is 5.16. The van der Waals surface area contributed by atoms with Crippen LogP contribution in [0.25, 0.3) is 0 Å². The summed E-state index contributed by atoms with van der Waals surface area (Å²) in [5.74, 6) is -1.92. The van der Waals surface area contributed by atoms with Crippen LogP contribution in [-0.4, -0.2) is 11.5 Å². The summed E-state index contributed by atoms with van der Waals surface area (Å²) in [6, 6.07) is 0. The first-order chi connectivity index (χ1) is 5.99. The van der Waals surface area contributed by atoms with Crippen LogP contribution >= 0.6 is 0 Å². The summed E-state index contributed by atoms with van der Waals surface area (Å²) in [6.45, 7) is 0. The molecular formula is C10H17F2N. The Labute approximate surface area is 77.7 Å². The van der Waals surface area contributed by atoms with E-state index in [1.807, 2.05) is 0 Å². The molecule has 2 aliphatic carbocycles. The van der Waals surface area contributed by atoms with E-state index in [9.17, 15) is 8.78 Å². The summed E-state index contributed by atoms with van der Waals surface area (Å²) in [6.07, 6.45) is 4.67. The Balaban J connectivity index is 1.78. The summed E-state index contributed by atoms with van der Waals surface area (Å²) in [5.41, 5.74) is 6.00. The molecule has 0 saturated heterocycles. The van der Waals surface area contributed by atoms with Gasteiger partial charge < -0.3 is 5.73 Å². The van der Waals surface area contributed by atoms with Crippen LogP contribution in [0.4, 0.5) is 8.78 Å². The second-order valence-electron chi connectivity index (χ2n) is 4.87. The lowest BCUT2D eigenvalue weighted by Crippen LogP contribution is -2.30. The van der Waals surface area contributed by atoms with Crippen LogP contribution in [0.3, 0.4) is 0 Å². The van der Waals surface area contributed by atoms with Crippen LogP contribution in [-0.2, 0) is 0 Å². The molecule has 13 heavy (non-hydrogen) atoms. The zero-order valence-electron chi connectivity index (χ0n) is 7.86. The van der Waals surface area contributed by atoms with Gasteiger partial charge in [0.1, 0.15) is 0 Å². The van der Waals surface area contributed by atoms with Crippen LogP contribution in [0.15, 0.2) is 0 Å². The lowest BCUT2D eigenvalue weighted by molar-refractivity contribution is -0.0473. The third-order valence-electron chi connectivity index (χ3n) is 3.42. The quantitative estimate of drug-likeness (QED) is 0.710. The fraction of sp³-hybridized carbons (Fsp3) is 1.00. The number of rotatable bonds is 2. The van der Waals surface area contributed by atoms with E-state index >= 15 is 0 Å². The van der Waals surface area contributed by atoms with Gasteiger partial charge in [-0.1, -0.05) is 0 Å². The first-order valence-corrected chi connectivity index (χ1v) is 5.16. The summed E-state index contributed by atoms with van der Waals surface area (Å²) in [7, 11) is 0. The lowest BCUT2D eigenvalue weighted by atomic mass is 9.82.